The third-order valence-electron chi connectivity index (χ3n) is 5.13. The van der Waals surface area contributed by atoms with Crippen LogP contribution in [-0.2, 0) is 4.74 Å². The molecule has 0 spiro atoms. The van der Waals surface area contributed by atoms with Gasteiger partial charge in [0.2, 0.25) is 0 Å². The monoisotopic (exact) mass is 341 g/mol. The van der Waals surface area contributed by atoms with E-state index in [0.29, 0.717) is 6.04 Å². The molecule has 2 heterocycles. The van der Waals surface area contributed by atoms with Crippen LogP contribution < -0.4 is 0 Å². The molecule has 1 aromatic heterocycles. The summed E-state index contributed by atoms with van der Waals surface area (Å²) in [7, 11) is 0. The van der Waals surface area contributed by atoms with Crippen LogP contribution in [0.5, 0.6) is 0 Å². The Morgan fingerprint density at radius 1 is 1.16 bits per heavy atom. The zero-order valence-electron chi connectivity index (χ0n) is 15.4. The van der Waals surface area contributed by atoms with E-state index in [-0.39, 0.29) is 6.09 Å². The first-order valence-electron chi connectivity index (χ1n) is 9.36. The molecule has 1 saturated heterocycles. The summed E-state index contributed by atoms with van der Waals surface area (Å²) in [5.74, 6) is 0.768. The van der Waals surface area contributed by atoms with Crippen LogP contribution in [0.4, 0.5) is 4.79 Å². The number of benzene rings is 1. The van der Waals surface area contributed by atoms with E-state index in [1.54, 1.807) is 0 Å². The zero-order chi connectivity index (χ0) is 17.6. The molecule has 2 fully saturated rings. The van der Waals surface area contributed by atoms with Gasteiger partial charge < -0.3 is 9.64 Å². The zero-order valence-corrected chi connectivity index (χ0v) is 15.4. The van der Waals surface area contributed by atoms with Crippen molar-refractivity contribution in [2.75, 3.05) is 13.1 Å². The average molecular weight is 341 g/mol. The number of nitrogens with zero attached hydrogens (tertiary/aromatic N) is 3. The van der Waals surface area contributed by atoms with Crippen molar-refractivity contribution in [2.45, 2.75) is 64.0 Å². The summed E-state index contributed by atoms with van der Waals surface area (Å²) < 4.78 is 7.63. The fourth-order valence-electron chi connectivity index (χ4n) is 3.65. The molecule has 0 N–H and O–H groups in total. The summed E-state index contributed by atoms with van der Waals surface area (Å²) >= 11 is 0. The SMILES string of the molecule is CC(C)(C)OC(=O)N1CCC(n2ncc3cc(C4CC4)ccc32)CC1. The van der Waals surface area contributed by atoms with Gasteiger partial charge in [-0.25, -0.2) is 4.79 Å². The van der Waals surface area contributed by atoms with Crippen LogP contribution in [0.1, 0.15) is 64.0 Å². The highest BCUT2D eigenvalue weighted by Gasteiger charge is 2.29. The molecule has 0 atom stereocenters. The highest BCUT2D eigenvalue weighted by atomic mass is 16.6. The van der Waals surface area contributed by atoms with E-state index in [2.05, 4.69) is 28.0 Å². The molecule has 0 radical (unpaired) electrons. The van der Waals surface area contributed by atoms with Gasteiger partial charge in [-0.15, -0.1) is 0 Å². The van der Waals surface area contributed by atoms with Gasteiger partial charge in [-0.1, -0.05) is 6.07 Å². The number of ether oxygens (including phenoxy) is 1. The molecular formula is C20H27N3O2. The fourth-order valence-corrected chi connectivity index (χ4v) is 3.65. The number of likely N-dealkylation sites (tertiary alicyclic amines) is 1. The minimum absolute atomic E-state index is 0.203. The van der Waals surface area contributed by atoms with Gasteiger partial charge in [-0.05, 0) is 70.1 Å². The molecule has 4 rings (SSSR count). The first kappa shape index (κ1) is 16.4. The molecule has 134 valence electrons. The number of hydrogen-bond donors (Lipinski definition) is 0. The second kappa shape index (κ2) is 6.04. The molecular weight excluding hydrogens is 314 g/mol. The Labute approximate surface area is 148 Å². The maximum Gasteiger partial charge on any atom is 0.410 e. The van der Waals surface area contributed by atoms with Gasteiger partial charge in [0.15, 0.2) is 0 Å². The van der Waals surface area contributed by atoms with Crippen molar-refractivity contribution in [2.24, 2.45) is 0 Å². The van der Waals surface area contributed by atoms with E-state index < -0.39 is 5.60 Å². The Morgan fingerprint density at radius 2 is 1.88 bits per heavy atom. The highest BCUT2D eigenvalue weighted by molar-refractivity contribution is 5.79. The Morgan fingerprint density at radius 3 is 2.52 bits per heavy atom. The Balaban J connectivity index is 1.44. The predicted octanol–water partition coefficient (Wildman–Crippen LogP) is 4.49. The Hall–Kier alpha value is -2.04. The smallest absolute Gasteiger partial charge is 0.410 e. The third-order valence-corrected chi connectivity index (χ3v) is 5.13. The first-order valence-corrected chi connectivity index (χ1v) is 9.36. The molecule has 5 nitrogen and oxygen atoms in total. The Bertz CT molecular complexity index is 778. The lowest BCUT2D eigenvalue weighted by Crippen LogP contribution is -2.42. The number of fused-ring (bicyclic) bond motifs is 1. The molecule has 1 aromatic carbocycles. The summed E-state index contributed by atoms with van der Waals surface area (Å²) in [6.45, 7) is 7.17. The lowest BCUT2D eigenvalue weighted by molar-refractivity contribution is 0.0186. The van der Waals surface area contributed by atoms with E-state index in [9.17, 15) is 4.79 Å². The van der Waals surface area contributed by atoms with Crippen molar-refractivity contribution >= 4 is 17.0 Å². The first-order chi connectivity index (χ1) is 11.9. The van der Waals surface area contributed by atoms with Crippen LogP contribution in [0, 0.1) is 0 Å². The highest BCUT2D eigenvalue weighted by Crippen LogP contribution is 2.41. The summed E-state index contributed by atoms with van der Waals surface area (Å²) in [6, 6.07) is 7.12. The molecule has 1 aliphatic heterocycles. The summed E-state index contributed by atoms with van der Waals surface area (Å²) in [4.78, 5) is 14.0. The summed E-state index contributed by atoms with van der Waals surface area (Å²) in [5, 5.41) is 5.89. The maximum absolute atomic E-state index is 12.2. The van der Waals surface area contributed by atoms with Crippen LogP contribution in [0.3, 0.4) is 0 Å². The van der Waals surface area contributed by atoms with Crippen LogP contribution in [0.2, 0.25) is 0 Å². The summed E-state index contributed by atoms with van der Waals surface area (Å²) in [5.41, 5.74) is 2.22. The van der Waals surface area contributed by atoms with Crippen molar-refractivity contribution in [1.82, 2.24) is 14.7 Å². The van der Waals surface area contributed by atoms with Crippen LogP contribution in [0.25, 0.3) is 10.9 Å². The van der Waals surface area contributed by atoms with E-state index >= 15 is 0 Å². The molecule has 0 unspecified atom stereocenters. The number of amides is 1. The molecule has 0 bridgehead atoms. The normalized spacial score (nSPS) is 19.4. The van der Waals surface area contributed by atoms with Crippen molar-refractivity contribution in [3.63, 3.8) is 0 Å². The average Bonchev–Trinajstić information content (AvgIpc) is 3.33. The van der Waals surface area contributed by atoms with Crippen LogP contribution in [-0.4, -0.2) is 39.5 Å². The largest absolute Gasteiger partial charge is 0.444 e. The fraction of sp³-hybridized carbons (Fsp3) is 0.600. The predicted molar refractivity (Wildman–Crippen MR) is 97.8 cm³/mol. The lowest BCUT2D eigenvalue weighted by atomic mass is 10.0. The van der Waals surface area contributed by atoms with Crippen LogP contribution >= 0.6 is 0 Å². The third kappa shape index (κ3) is 3.51. The van der Waals surface area contributed by atoms with Gasteiger partial charge in [0.05, 0.1) is 17.8 Å². The van der Waals surface area contributed by atoms with E-state index in [0.717, 1.165) is 31.8 Å². The number of rotatable bonds is 2. The van der Waals surface area contributed by atoms with Gasteiger partial charge in [0, 0.05) is 18.5 Å². The standard InChI is InChI=1S/C20H27N3O2/c1-20(2,3)25-19(24)22-10-8-17(9-11-22)23-18-7-6-15(14-4-5-14)12-16(18)13-21-23/h6-7,12-14,17H,4-5,8-11H2,1-3H3. The van der Waals surface area contributed by atoms with Gasteiger partial charge >= 0.3 is 6.09 Å². The van der Waals surface area contributed by atoms with E-state index in [1.807, 2.05) is 31.9 Å². The number of piperidine rings is 1. The van der Waals surface area contributed by atoms with Gasteiger partial charge in [-0.2, -0.15) is 5.10 Å². The molecule has 1 saturated carbocycles. The van der Waals surface area contributed by atoms with Crippen molar-refractivity contribution in [3.8, 4) is 0 Å². The molecule has 1 amide bonds. The molecule has 1 aliphatic carbocycles. The number of carbonyl (C=O) groups is 1. The second-order valence-corrected chi connectivity index (χ2v) is 8.38. The quantitative estimate of drug-likeness (QED) is 0.809. The Kier molecular flexibility index (Phi) is 3.97. The number of carbonyl (C=O) groups excluding carboxylic acids is 1. The number of hydrogen-bond acceptors (Lipinski definition) is 3. The molecule has 2 aliphatic rings. The van der Waals surface area contributed by atoms with Gasteiger partial charge in [0.1, 0.15) is 5.60 Å². The number of aromatic nitrogens is 2. The van der Waals surface area contributed by atoms with Crippen molar-refractivity contribution < 1.29 is 9.53 Å². The van der Waals surface area contributed by atoms with Crippen LogP contribution in [0.15, 0.2) is 24.4 Å². The molecule has 2 aromatic rings. The minimum atomic E-state index is -0.439. The van der Waals surface area contributed by atoms with Crippen molar-refractivity contribution in [3.05, 3.63) is 30.0 Å². The molecule has 5 heteroatoms. The molecule has 25 heavy (non-hydrogen) atoms. The van der Waals surface area contributed by atoms with Gasteiger partial charge in [-0.3, -0.25) is 4.68 Å². The van der Waals surface area contributed by atoms with Gasteiger partial charge in [0.25, 0.3) is 0 Å². The second-order valence-electron chi connectivity index (χ2n) is 8.38. The minimum Gasteiger partial charge on any atom is -0.444 e. The van der Waals surface area contributed by atoms with Crippen molar-refractivity contribution in [1.29, 1.82) is 0 Å². The van der Waals surface area contributed by atoms with E-state index in [4.69, 9.17) is 4.74 Å². The lowest BCUT2D eigenvalue weighted by Gasteiger charge is -2.33. The maximum atomic E-state index is 12.2. The topological polar surface area (TPSA) is 47.4 Å². The summed E-state index contributed by atoms with van der Waals surface area (Å²) in [6.07, 6.45) is 6.26. The van der Waals surface area contributed by atoms with E-state index in [1.165, 1.54) is 29.3 Å².